The zero-order valence-electron chi connectivity index (χ0n) is 17.9. The molecular formula is C25H35NO2. The average molecular weight is 382 g/mol. The quantitative estimate of drug-likeness (QED) is 0.555. The maximum Gasteiger partial charge on any atom is 0.220 e. The molecule has 2 rings (SSSR count). The molecule has 2 aromatic carbocycles. The van der Waals surface area contributed by atoms with Crippen LogP contribution in [0.5, 0.6) is 5.75 Å². The predicted octanol–water partition coefficient (Wildman–Crippen LogP) is 5.45. The van der Waals surface area contributed by atoms with Crippen molar-refractivity contribution in [2.24, 2.45) is 0 Å². The van der Waals surface area contributed by atoms with E-state index in [1.807, 2.05) is 18.2 Å². The van der Waals surface area contributed by atoms with E-state index < -0.39 is 0 Å². The molecule has 1 amide bonds. The number of aryl methyl sites for hydroxylation is 2. The summed E-state index contributed by atoms with van der Waals surface area (Å²) in [7, 11) is 0. The number of carbonyl (C=O) groups is 1. The van der Waals surface area contributed by atoms with Gasteiger partial charge in [0.25, 0.3) is 0 Å². The molecule has 0 aliphatic rings. The molecule has 0 heterocycles. The molecule has 28 heavy (non-hydrogen) atoms. The number of para-hydroxylation sites is 1. The predicted molar refractivity (Wildman–Crippen MR) is 117 cm³/mol. The Morgan fingerprint density at radius 2 is 1.71 bits per heavy atom. The normalized spacial score (nSPS) is 11.3. The van der Waals surface area contributed by atoms with Crippen LogP contribution < -0.4 is 10.1 Å². The van der Waals surface area contributed by atoms with E-state index in [0.29, 0.717) is 13.0 Å². The van der Waals surface area contributed by atoms with Crippen LogP contribution >= 0.6 is 0 Å². The lowest BCUT2D eigenvalue weighted by atomic mass is 9.86. The Kier molecular flexibility index (Phi) is 8.56. The molecule has 2 aromatic rings. The van der Waals surface area contributed by atoms with Crippen molar-refractivity contribution in [3.63, 3.8) is 0 Å². The molecule has 0 aromatic heterocycles. The topological polar surface area (TPSA) is 38.3 Å². The Morgan fingerprint density at radius 1 is 1.00 bits per heavy atom. The Bertz CT molecular complexity index is 729. The highest BCUT2D eigenvalue weighted by Gasteiger charge is 2.13. The number of benzene rings is 2. The van der Waals surface area contributed by atoms with Crippen LogP contribution in [-0.4, -0.2) is 19.1 Å². The molecule has 0 fully saturated rings. The van der Waals surface area contributed by atoms with Gasteiger partial charge in [-0.15, -0.1) is 0 Å². The summed E-state index contributed by atoms with van der Waals surface area (Å²) in [5.74, 6) is 1.09. The van der Waals surface area contributed by atoms with Gasteiger partial charge in [-0.1, -0.05) is 70.2 Å². The number of amides is 1. The van der Waals surface area contributed by atoms with Gasteiger partial charge < -0.3 is 10.1 Å². The van der Waals surface area contributed by atoms with Gasteiger partial charge >= 0.3 is 0 Å². The Balaban J connectivity index is 1.69. The smallest absolute Gasteiger partial charge is 0.220 e. The maximum atomic E-state index is 12.1. The van der Waals surface area contributed by atoms with Crippen LogP contribution in [-0.2, 0) is 23.1 Å². The Hall–Kier alpha value is -2.29. The number of nitrogens with one attached hydrogen (secondary N) is 1. The molecular weight excluding hydrogens is 346 g/mol. The molecule has 0 spiro atoms. The van der Waals surface area contributed by atoms with E-state index in [2.05, 4.69) is 63.3 Å². The second-order valence-corrected chi connectivity index (χ2v) is 8.36. The molecule has 3 nitrogen and oxygen atoms in total. The highest BCUT2D eigenvalue weighted by atomic mass is 16.5. The van der Waals surface area contributed by atoms with Crippen LogP contribution in [0.4, 0.5) is 0 Å². The van der Waals surface area contributed by atoms with Crippen LogP contribution in [0.2, 0.25) is 0 Å². The number of hydrogen-bond acceptors (Lipinski definition) is 2. The van der Waals surface area contributed by atoms with E-state index in [1.165, 1.54) is 16.7 Å². The van der Waals surface area contributed by atoms with E-state index >= 15 is 0 Å². The minimum Gasteiger partial charge on any atom is -0.493 e. The molecule has 152 valence electrons. The highest BCUT2D eigenvalue weighted by molar-refractivity contribution is 5.76. The summed E-state index contributed by atoms with van der Waals surface area (Å²) in [4.78, 5) is 12.1. The van der Waals surface area contributed by atoms with Crippen molar-refractivity contribution >= 4 is 5.91 Å². The third-order valence-electron chi connectivity index (χ3n) is 4.84. The fraction of sp³-hybridized carbons (Fsp3) is 0.480. The van der Waals surface area contributed by atoms with Gasteiger partial charge in [0.1, 0.15) is 5.75 Å². The van der Waals surface area contributed by atoms with Crippen LogP contribution in [0.3, 0.4) is 0 Å². The third-order valence-corrected chi connectivity index (χ3v) is 4.84. The summed E-state index contributed by atoms with van der Waals surface area (Å²) < 4.78 is 5.79. The first-order valence-electron chi connectivity index (χ1n) is 10.5. The van der Waals surface area contributed by atoms with E-state index in [-0.39, 0.29) is 11.3 Å². The summed E-state index contributed by atoms with van der Waals surface area (Å²) in [6, 6.07) is 16.8. The first kappa shape index (κ1) is 22.0. The minimum absolute atomic E-state index is 0.121. The van der Waals surface area contributed by atoms with Gasteiger partial charge in [-0.25, -0.2) is 0 Å². The van der Waals surface area contributed by atoms with Crippen molar-refractivity contribution in [2.75, 3.05) is 13.2 Å². The van der Waals surface area contributed by atoms with Crippen LogP contribution in [0.25, 0.3) is 0 Å². The number of rotatable bonds is 10. The van der Waals surface area contributed by atoms with Gasteiger partial charge in [-0.05, 0) is 53.9 Å². The number of hydrogen-bond donors (Lipinski definition) is 1. The van der Waals surface area contributed by atoms with Gasteiger partial charge in [0, 0.05) is 13.0 Å². The van der Waals surface area contributed by atoms with Gasteiger partial charge in [0.2, 0.25) is 5.91 Å². The van der Waals surface area contributed by atoms with E-state index in [4.69, 9.17) is 4.74 Å². The van der Waals surface area contributed by atoms with Crippen molar-refractivity contribution in [3.8, 4) is 5.75 Å². The summed E-state index contributed by atoms with van der Waals surface area (Å²) in [5, 5.41) is 3.04. The lowest BCUT2D eigenvalue weighted by Crippen LogP contribution is -2.25. The Labute approximate surface area is 170 Å². The van der Waals surface area contributed by atoms with Crippen LogP contribution in [0, 0.1) is 0 Å². The SMILES string of the molecule is CCCOc1ccccc1CCCNC(=O)CCc1ccc(C(C)(C)C)cc1. The van der Waals surface area contributed by atoms with E-state index in [9.17, 15) is 4.79 Å². The van der Waals surface area contributed by atoms with Crippen molar-refractivity contribution in [1.29, 1.82) is 0 Å². The molecule has 0 atom stereocenters. The molecule has 0 unspecified atom stereocenters. The molecule has 0 aliphatic carbocycles. The van der Waals surface area contributed by atoms with Crippen LogP contribution in [0.1, 0.15) is 63.6 Å². The average Bonchev–Trinajstić information content (AvgIpc) is 2.68. The standard InChI is InChI=1S/C25H35NO2/c1-5-19-28-23-11-7-6-9-21(23)10-8-18-26-24(27)17-14-20-12-15-22(16-13-20)25(2,3)4/h6-7,9,11-13,15-16H,5,8,10,14,17-19H2,1-4H3,(H,26,27). The zero-order valence-corrected chi connectivity index (χ0v) is 17.9. The highest BCUT2D eigenvalue weighted by Crippen LogP contribution is 2.22. The maximum absolute atomic E-state index is 12.1. The first-order valence-corrected chi connectivity index (χ1v) is 10.5. The van der Waals surface area contributed by atoms with Gasteiger partial charge in [-0.3, -0.25) is 4.79 Å². The molecule has 0 aliphatic heterocycles. The fourth-order valence-corrected chi connectivity index (χ4v) is 3.09. The molecule has 0 radical (unpaired) electrons. The fourth-order valence-electron chi connectivity index (χ4n) is 3.09. The monoisotopic (exact) mass is 381 g/mol. The first-order chi connectivity index (χ1) is 13.4. The van der Waals surface area contributed by atoms with Crippen molar-refractivity contribution < 1.29 is 9.53 Å². The minimum atomic E-state index is 0.121. The van der Waals surface area contributed by atoms with Gasteiger partial charge in [0.15, 0.2) is 0 Å². The van der Waals surface area contributed by atoms with Gasteiger partial charge in [0.05, 0.1) is 6.61 Å². The summed E-state index contributed by atoms with van der Waals surface area (Å²) in [6.07, 6.45) is 4.14. The number of carbonyl (C=O) groups excluding carboxylic acids is 1. The lowest BCUT2D eigenvalue weighted by molar-refractivity contribution is -0.121. The van der Waals surface area contributed by atoms with E-state index in [0.717, 1.165) is 38.0 Å². The van der Waals surface area contributed by atoms with Crippen molar-refractivity contribution in [2.45, 2.75) is 65.2 Å². The molecule has 3 heteroatoms. The molecule has 0 saturated heterocycles. The summed E-state index contributed by atoms with van der Waals surface area (Å²) >= 11 is 0. The van der Waals surface area contributed by atoms with Crippen molar-refractivity contribution in [1.82, 2.24) is 5.32 Å². The van der Waals surface area contributed by atoms with E-state index in [1.54, 1.807) is 0 Å². The summed E-state index contributed by atoms with van der Waals surface area (Å²) in [6.45, 7) is 10.2. The lowest BCUT2D eigenvalue weighted by Gasteiger charge is -2.19. The van der Waals surface area contributed by atoms with Crippen molar-refractivity contribution in [3.05, 3.63) is 65.2 Å². The van der Waals surface area contributed by atoms with Crippen LogP contribution in [0.15, 0.2) is 48.5 Å². The zero-order chi connectivity index (χ0) is 20.4. The van der Waals surface area contributed by atoms with Gasteiger partial charge in [-0.2, -0.15) is 0 Å². The number of ether oxygens (including phenoxy) is 1. The molecule has 0 bridgehead atoms. The Morgan fingerprint density at radius 3 is 2.39 bits per heavy atom. The third kappa shape index (κ3) is 7.38. The second kappa shape index (κ2) is 10.9. The largest absolute Gasteiger partial charge is 0.493 e. The molecule has 0 saturated carbocycles. The molecule has 1 N–H and O–H groups in total. The second-order valence-electron chi connectivity index (χ2n) is 8.36. The summed E-state index contributed by atoms with van der Waals surface area (Å²) in [5.41, 5.74) is 3.91.